The number of amides is 1. The SMILES string of the molecule is CCNCCC1CCC(=O)N1Cc1ccc(OC(F)(F)F)cc1. The Hall–Kier alpha value is -1.76. The molecule has 0 radical (unpaired) electrons. The van der Waals surface area contributed by atoms with Crippen molar-refractivity contribution in [3.63, 3.8) is 0 Å². The number of hydrogen-bond acceptors (Lipinski definition) is 3. The van der Waals surface area contributed by atoms with Crippen molar-refractivity contribution in [2.24, 2.45) is 0 Å². The molecule has 1 atom stereocenters. The summed E-state index contributed by atoms with van der Waals surface area (Å²) in [5.41, 5.74) is 0.795. The van der Waals surface area contributed by atoms with Gasteiger partial charge in [0.25, 0.3) is 0 Å². The Bertz CT molecular complexity index is 517. The second-order valence-electron chi connectivity index (χ2n) is 5.55. The number of benzene rings is 1. The number of nitrogens with zero attached hydrogens (tertiary/aromatic N) is 1. The maximum Gasteiger partial charge on any atom is 0.573 e. The number of carbonyl (C=O) groups excluding carboxylic acids is 1. The molecule has 1 fully saturated rings. The molecule has 1 aliphatic heterocycles. The van der Waals surface area contributed by atoms with Crippen LogP contribution in [0.2, 0.25) is 0 Å². The topological polar surface area (TPSA) is 41.6 Å². The molecule has 1 aromatic rings. The lowest BCUT2D eigenvalue weighted by atomic mass is 10.1. The fourth-order valence-corrected chi connectivity index (χ4v) is 2.75. The first-order valence-electron chi connectivity index (χ1n) is 7.74. The molecule has 7 heteroatoms. The van der Waals surface area contributed by atoms with Gasteiger partial charge in [-0.2, -0.15) is 0 Å². The maximum absolute atomic E-state index is 12.1. The van der Waals surface area contributed by atoms with Gasteiger partial charge >= 0.3 is 6.36 Å². The van der Waals surface area contributed by atoms with E-state index in [1.165, 1.54) is 12.1 Å². The Kier molecular flexibility index (Phi) is 5.87. The molecule has 1 unspecified atom stereocenters. The van der Waals surface area contributed by atoms with E-state index in [0.29, 0.717) is 13.0 Å². The lowest BCUT2D eigenvalue weighted by Gasteiger charge is -2.25. The predicted molar refractivity (Wildman–Crippen MR) is 79.9 cm³/mol. The van der Waals surface area contributed by atoms with E-state index in [4.69, 9.17) is 0 Å². The van der Waals surface area contributed by atoms with Crippen LogP contribution in [0, 0.1) is 0 Å². The van der Waals surface area contributed by atoms with Crippen LogP contribution in [0.4, 0.5) is 13.2 Å². The first-order chi connectivity index (χ1) is 10.9. The summed E-state index contributed by atoms with van der Waals surface area (Å²) < 4.78 is 40.3. The molecule has 1 heterocycles. The first kappa shape index (κ1) is 17.6. The van der Waals surface area contributed by atoms with E-state index in [9.17, 15) is 18.0 Å². The van der Waals surface area contributed by atoms with Crippen LogP contribution < -0.4 is 10.1 Å². The number of halogens is 3. The van der Waals surface area contributed by atoms with Crippen LogP contribution in [0.5, 0.6) is 5.75 Å². The van der Waals surface area contributed by atoms with Crippen molar-refractivity contribution in [3.8, 4) is 5.75 Å². The molecular formula is C16H21F3N2O2. The van der Waals surface area contributed by atoms with E-state index in [2.05, 4.69) is 10.1 Å². The molecule has 0 aliphatic carbocycles. The molecule has 1 aliphatic rings. The number of likely N-dealkylation sites (tertiary alicyclic amines) is 1. The van der Waals surface area contributed by atoms with E-state index < -0.39 is 6.36 Å². The highest BCUT2D eigenvalue weighted by atomic mass is 19.4. The second-order valence-corrected chi connectivity index (χ2v) is 5.55. The molecule has 4 nitrogen and oxygen atoms in total. The van der Waals surface area contributed by atoms with Gasteiger partial charge in [0, 0.05) is 19.0 Å². The average molecular weight is 330 g/mol. The van der Waals surface area contributed by atoms with E-state index in [1.54, 1.807) is 12.1 Å². The summed E-state index contributed by atoms with van der Waals surface area (Å²) in [6.45, 7) is 4.19. The Balaban J connectivity index is 1.95. The number of ether oxygens (including phenoxy) is 1. The number of rotatable bonds is 7. The van der Waals surface area contributed by atoms with Crippen molar-refractivity contribution in [1.82, 2.24) is 10.2 Å². The fraction of sp³-hybridized carbons (Fsp3) is 0.562. The van der Waals surface area contributed by atoms with E-state index >= 15 is 0 Å². The molecule has 2 rings (SSSR count). The van der Waals surface area contributed by atoms with Crippen LogP contribution in [0.15, 0.2) is 24.3 Å². The highest BCUT2D eigenvalue weighted by molar-refractivity contribution is 5.78. The maximum atomic E-state index is 12.1. The minimum atomic E-state index is -4.69. The Morgan fingerprint density at radius 3 is 2.61 bits per heavy atom. The summed E-state index contributed by atoms with van der Waals surface area (Å²) in [7, 11) is 0. The third kappa shape index (κ3) is 5.42. The normalized spacial score (nSPS) is 18.5. The number of carbonyl (C=O) groups is 1. The smallest absolute Gasteiger partial charge is 0.406 e. The largest absolute Gasteiger partial charge is 0.573 e. The summed E-state index contributed by atoms with van der Waals surface area (Å²) in [6.07, 6.45) is -2.44. The van der Waals surface area contributed by atoms with Crippen LogP contribution in [-0.4, -0.2) is 36.3 Å². The fourth-order valence-electron chi connectivity index (χ4n) is 2.75. The van der Waals surface area contributed by atoms with E-state index in [0.717, 1.165) is 31.5 Å². The highest BCUT2D eigenvalue weighted by Crippen LogP contribution is 2.26. The zero-order valence-corrected chi connectivity index (χ0v) is 13.0. The minimum Gasteiger partial charge on any atom is -0.406 e. The third-order valence-electron chi connectivity index (χ3n) is 3.87. The van der Waals surface area contributed by atoms with Crippen molar-refractivity contribution >= 4 is 5.91 Å². The van der Waals surface area contributed by atoms with Gasteiger partial charge in [-0.3, -0.25) is 4.79 Å². The molecule has 0 bridgehead atoms. The van der Waals surface area contributed by atoms with Crippen molar-refractivity contribution < 1.29 is 22.7 Å². The quantitative estimate of drug-likeness (QED) is 0.781. The monoisotopic (exact) mass is 330 g/mol. The molecule has 23 heavy (non-hydrogen) atoms. The molecule has 0 aromatic heterocycles. The summed E-state index contributed by atoms with van der Waals surface area (Å²) in [5.74, 6) is -0.153. The van der Waals surface area contributed by atoms with Crippen LogP contribution in [-0.2, 0) is 11.3 Å². The van der Waals surface area contributed by atoms with Gasteiger partial charge in [0.2, 0.25) is 5.91 Å². The molecule has 1 N–H and O–H groups in total. The molecule has 128 valence electrons. The van der Waals surface area contributed by atoms with Crippen LogP contribution in [0.1, 0.15) is 31.7 Å². The van der Waals surface area contributed by atoms with Gasteiger partial charge in [0.1, 0.15) is 5.75 Å². The molecule has 0 saturated carbocycles. The molecule has 1 saturated heterocycles. The van der Waals surface area contributed by atoms with Gasteiger partial charge in [0.15, 0.2) is 0 Å². The Morgan fingerprint density at radius 1 is 1.30 bits per heavy atom. The molecule has 0 spiro atoms. The van der Waals surface area contributed by atoms with Gasteiger partial charge in [-0.1, -0.05) is 19.1 Å². The predicted octanol–water partition coefficient (Wildman–Crippen LogP) is 3.08. The number of hydrogen-bond donors (Lipinski definition) is 1. The van der Waals surface area contributed by atoms with Crippen LogP contribution in [0.25, 0.3) is 0 Å². The van der Waals surface area contributed by atoms with Crippen molar-refractivity contribution in [2.75, 3.05) is 13.1 Å². The Morgan fingerprint density at radius 2 is 2.00 bits per heavy atom. The lowest BCUT2D eigenvalue weighted by molar-refractivity contribution is -0.274. The highest BCUT2D eigenvalue weighted by Gasteiger charge is 2.32. The van der Waals surface area contributed by atoms with E-state index in [-0.39, 0.29) is 17.7 Å². The van der Waals surface area contributed by atoms with Crippen LogP contribution >= 0.6 is 0 Å². The molecular weight excluding hydrogens is 309 g/mol. The summed E-state index contributed by atoms with van der Waals surface area (Å²) >= 11 is 0. The number of nitrogens with one attached hydrogen (secondary N) is 1. The average Bonchev–Trinajstić information content (AvgIpc) is 2.81. The zero-order chi connectivity index (χ0) is 16.9. The van der Waals surface area contributed by atoms with Gasteiger partial charge in [-0.05, 0) is 43.6 Å². The van der Waals surface area contributed by atoms with Gasteiger partial charge in [-0.25, -0.2) is 0 Å². The van der Waals surface area contributed by atoms with Gasteiger partial charge < -0.3 is 15.0 Å². The standard InChI is InChI=1S/C16H21F3N2O2/c1-2-20-10-9-13-5-8-15(22)21(13)11-12-3-6-14(7-4-12)23-16(17,18)19/h3-4,6-7,13,20H,2,5,8-11H2,1H3. The molecule has 1 aromatic carbocycles. The molecule has 1 amide bonds. The second kappa shape index (κ2) is 7.68. The van der Waals surface area contributed by atoms with Gasteiger partial charge in [-0.15, -0.1) is 13.2 Å². The van der Waals surface area contributed by atoms with Crippen molar-refractivity contribution in [1.29, 1.82) is 0 Å². The summed E-state index contributed by atoms with van der Waals surface area (Å²) in [4.78, 5) is 13.8. The third-order valence-corrected chi connectivity index (χ3v) is 3.87. The summed E-state index contributed by atoms with van der Waals surface area (Å²) in [5, 5.41) is 3.24. The van der Waals surface area contributed by atoms with Crippen molar-refractivity contribution in [3.05, 3.63) is 29.8 Å². The lowest BCUT2D eigenvalue weighted by Crippen LogP contribution is -2.34. The Labute approximate surface area is 133 Å². The zero-order valence-electron chi connectivity index (χ0n) is 13.0. The van der Waals surface area contributed by atoms with Gasteiger partial charge in [0.05, 0.1) is 0 Å². The van der Waals surface area contributed by atoms with Crippen LogP contribution in [0.3, 0.4) is 0 Å². The van der Waals surface area contributed by atoms with E-state index in [1.807, 2.05) is 11.8 Å². The number of alkyl halides is 3. The minimum absolute atomic E-state index is 0.0992. The first-order valence-corrected chi connectivity index (χ1v) is 7.74. The summed E-state index contributed by atoms with van der Waals surface area (Å²) in [6, 6.07) is 5.86. The van der Waals surface area contributed by atoms with Crippen molar-refractivity contribution in [2.45, 2.75) is 45.1 Å².